The van der Waals surface area contributed by atoms with E-state index in [0.717, 1.165) is 43.8 Å². The predicted molar refractivity (Wildman–Crippen MR) is 91.3 cm³/mol. The number of hydrogen-bond acceptors (Lipinski definition) is 3. The van der Waals surface area contributed by atoms with E-state index in [1.807, 2.05) is 6.07 Å². The summed E-state index contributed by atoms with van der Waals surface area (Å²) in [6, 6.07) is 6.42. The van der Waals surface area contributed by atoms with Gasteiger partial charge in [0.2, 0.25) is 0 Å². The number of halogens is 2. The highest BCUT2D eigenvalue weighted by atomic mass is 19.1. The number of pyridine rings is 1. The average Bonchev–Trinajstić information content (AvgIpc) is 2.57. The zero-order valence-corrected chi connectivity index (χ0v) is 13.9. The molecule has 1 amide bonds. The van der Waals surface area contributed by atoms with Crippen LogP contribution >= 0.6 is 0 Å². The summed E-state index contributed by atoms with van der Waals surface area (Å²) in [5.41, 5.74) is 1.05. The molecular weight excluding hydrogens is 312 g/mol. The minimum absolute atomic E-state index is 0.0779. The molecule has 1 aromatic heterocycles. The number of amides is 1. The van der Waals surface area contributed by atoms with Crippen molar-refractivity contribution in [1.29, 1.82) is 0 Å². The molecule has 0 saturated heterocycles. The van der Waals surface area contributed by atoms with Crippen molar-refractivity contribution in [2.75, 3.05) is 23.3 Å². The van der Waals surface area contributed by atoms with Crippen LogP contribution in [0.3, 0.4) is 0 Å². The van der Waals surface area contributed by atoms with Gasteiger partial charge in [0.05, 0.1) is 17.6 Å². The van der Waals surface area contributed by atoms with Crippen LogP contribution in [0, 0.1) is 11.6 Å². The van der Waals surface area contributed by atoms with Gasteiger partial charge in [-0.15, -0.1) is 0 Å². The Morgan fingerprint density at radius 3 is 2.38 bits per heavy atom. The Hall–Kier alpha value is -2.50. The summed E-state index contributed by atoms with van der Waals surface area (Å²) in [5, 5.41) is 2.40. The van der Waals surface area contributed by atoms with Crippen LogP contribution in [-0.2, 0) is 0 Å². The smallest absolute Gasteiger partial charge is 0.274 e. The van der Waals surface area contributed by atoms with Gasteiger partial charge in [-0.05, 0) is 37.1 Å². The Kier molecular flexibility index (Phi) is 6.23. The minimum Gasteiger partial charge on any atom is -0.370 e. The Labute approximate surface area is 140 Å². The van der Waals surface area contributed by atoms with Crippen molar-refractivity contribution in [3.63, 3.8) is 0 Å². The highest BCUT2D eigenvalue weighted by Crippen LogP contribution is 2.17. The highest BCUT2D eigenvalue weighted by Gasteiger charge is 2.12. The molecule has 4 nitrogen and oxygen atoms in total. The quantitative estimate of drug-likeness (QED) is 0.824. The van der Waals surface area contributed by atoms with Crippen LogP contribution < -0.4 is 10.2 Å². The molecule has 2 rings (SSSR count). The van der Waals surface area contributed by atoms with Crippen molar-refractivity contribution < 1.29 is 13.6 Å². The Balaban J connectivity index is 2.10. The number of benzene rings is 1. The summed E-state index contributed by atoms with van der Waals surface area (Å²) in [7, 11) is 0. The maximum absolute atomic E-state index is 13.6. The van der Waals surface area contributed by atoms with Gasteiger partial charge in [-0.3, -0.25) is 4.79 Å². The lowest BCUT2D eigenvalue weighted by molar-refractivity contribution is 0.102. The van der Waals surface area contributed by atoms with Gasteiger partial charge in [-0.2, -0.15) is 0 Å². The van der Waals surface area contributed by atoms with E-state index in [-0.39, 0.29) is 11.4 Å². The molecule has 0 aliphatic rings. The first-order chi connectivity index (χ1) is 11.5. The van der Waals surface area contributed by atoms with Crippen molar-refractivity contribution in [3.05, 3.63) is 53.9 Å². The van der Waals surface area contributed by atoms with E-state index in [1.54, 1.807) is 12.3 Å². The number of aromatic nitrogens is 1. The van der Waals surface area contributed by atoms with Crippen LogP contribution in [0.4, 0.5) is 20.2 Å². The third-order valence-electron chi connectivity index (χ3n) is 3.51. The van der Waals surface area contributed by atoms with E-state index in [2.05, 4.69) is 29.0 Å². The first kappa shape index (κ1) is 17.8. The van der Waals surface area contributed by atoms with Crippen LogP contribution in [0.5, 0.6) is 0 Å². The SMILES string of the molecule is CCCN(CCC)c1ccc(C(=O)Nc2ccc(F)cc2F)nc1. The molecule has 6 heteroatoms. The van der Waals surface area contributed by atoms with Crippen LogP contribution in [0.25, 0.3) is 0 Å². The van der Waals surface area contributed by atoms with Gasteiger partial charge in [0.25, 0.3) is 5.91 Å². The molecule has 0 aliphatic heterocycles. The molecule has 1 N–H and O–H groups in total. The molecular formula is C18H21F2N3O. The molecule has 1 aromatic carbocycles. The summed E-state index contributed by atoms with van der Waals surface area (Å²) in [5.74, 6) is -2.05. The first-order valence-corrected chi connectivity index (χ1v) is 8.02. The zero-order valence-electron chi connectivity index (χ0n) is 13.9. The Morgan fingerprint density at radius 1 is 1.12 bits per heavy atom. The molecule has 0 atom stereocenters. The van der Waals surface area contributed by atoms with Crippen molar-refractivity contribution in [2.45, 2.75) is 26.7 Å². The zero-order chi connectivity index (χ0) is 17.5. The van der Waals surface area contributed by atoms with Gasteiger partial charge in [-0.25, -0.2) is 13.8 Å². The van der Waals surface area contributed by atoms with Crippen molar-refractivity contribution in [1.82, 2.24) is 4.98 Å². The number of nitrogens with one attached hydrogen (secondary N) is 1. The van der Waals surface area contributed by atoms with Gasteiger partial charge in [0, 0.05) is 19.2 Å². The first-order valence-electron chi connectivity index (χ1n) is 8.02. The van der Waals surface area contributed by atoms with Gasteiger partial charge in [-0.1, -0.05) is 13.8 Å². The molecule has 0 saturated carbocycles. The van der Waals surface area contributed by atoms with Gasteiger partial charge in [0.1, 0.15) is 17.3 Å². The summed E-state index contributed by atoms with van der Waals surface area (Å²) in [6.07, 6.45) is 3.68. The van der Waals surface area contributed by atoms with E-state index in [1.165, 1.54) is 6.07 Å². The van der Waals surface area contributed by atoms with Gasteiger partial charge >= 0.3 is 0 Å². The number of nitrogens with zero attached hydrogens (tertiary/aromatic N) is 2. The number of carbonyl (C=O) groups is 1. The van der Waals surface area contributed by atoms with Crippen LogP contribution in [-0.4, -0.2) is 24.0 Å². The number of anilines is 2. The standard InChI is InChI=1S/C18H21F2N3O/c1-3-9-23(10-4-2)14-6-8-17(21-12-14)18(24)22-16-7-5-13(19)11-15(16)20/h5-8,11-12H,3-4,9-10H2,1-2H3,(H,22,24). The number of hydrogen-bond donors (Lipinski definition) is 1. The molecule has 0 bridgehead atoms. The van der Waals surface area contributed by atoms with Crippen molar-refractivity contribution >= 4 is 17.3 Å². The molecule has 0 fully saturated rings. The maximum atomic E-state index is 13.6. The second kappa shape index (κ2) is 8.38. The monoisotopic (exact) mass is 333 g/mol. The molecule has 0 radical (unpaired) electrons. The summed E-state index contributed by atoms with van der Waals surface area (Å²) < 4.78 is 26.5. The van der Waals surface area contributed by atoms with Crippen LogP contribution in [0.15, 0.2) is 36.5 Å². The normalized spacial score (nSPS) is 10.5. The van der Waals surface area contributed by atoms with E-state index >= 15 is 0 Å². The van der Waals surface area contributed by atoms with Crippen molar-refractivity contribution in [2.24, 2.45) is 0 Å². The Morgan fingerprint density at radius 2 is 1.83 bits per heavy atom. The van der Waals surface area contributed by atoms with E-state index in [9.17, 15) is 13.6 Å². The predicted octanol–water partition coefficient (Wildman–Crippen LogP) is 4.24. The van der Waals surface area contributed by atoms with Crippen LogP contribution in [0.1, 0.15) is 37.2 Å². The topological polar surface area (TPSA) is 45.2 Å². The van der Waals surface area contributed by atoms with Crippen molar-refractivity contribution in [3.8, 4) is 0 Å². The molecule has 2 aromatic rings. The molecule has 24 heavy (non-hydrogen) atoms. The van der Waals surface area contributed by atoms with Crippen LogP contribution in [0.2, 0.25) is 0 Å². The lowest BCUT2D eigenvalue weighted by Gasteiger charge is -2.23. The van der Waals surface area contributed by atoms with E-state index in [0.29, 0.717) is 0 Å². The molecule has 0 unspecified atom stereocenters. The second-order valence-corrected chi connectivity index (χ2v) is 5.47. The molecule has 0 aliphatic carbocycles. The summed E-state index contributed by atoms with van der Waals surface area (Å²) in [4.78, 5) is 18.5. The third-order valence-corrected chi connectivity index (χ3v) is 3.51. The number of rotatable bonds is 7. The lowest BCUT2D eigenvalue weighted by atomic mass is 10.2. The molecule has 0 spiro atoms. The molecule has 128 valence electrons. The largest absolute Gasteiger partial charge is 0.370 e. The fourth-order valence-corrected chi connectivity index (χ4v) is 2.39. The third kappa shape index (κ3) is 4.50. The molecule has 1 heterocycles. The highest BCUT2D eigenvalue weighted by molar-refractivity contribution is 6.03. The maximum Gasteiger partial charge on any atom is 0.274 e. The lowest BCUT2D eigenvalue weighted by Crippen LogP contribution is -2.25. The fourth-order valence-electron chi connectivity index (χ4n) is 2.39. The second-order valence-electron chi connectivity index (χ2n) is 5.47. The fraction of sp³-hybridized carbons (Fsp3) is 0.333. The van der Waals surface area contributed by atoms with Gasteiger partial charge < -0.3 is 10.2 Å². The number of carbonyl (C=O) groups excluding carboxylic acids is 1. The van der Waals surface area contributed by atoms with E-state index < -0.39 is 17.5 Å². The summed E-state index contributed by atoms with van der Waals surface area (Å²) in [6.45, 7) is 6.05. The van der Waals surface area contributed by atoms with E-state index in [4.69, 9.17) is 0 Å². The average molecular weight is 333 g/mol. The Bertz CT molecular complexity index is 683. The summed E-state index contributed by atoms with van der Waals surface area (Å²) >= 11 is 0. The van der Waals surface area contributed by atoms with Gasteiger partial charge in [0.15, 0.2) is 0 Å². The minimum atomic E-state index is -0.822.